The van der Waals surface area contributed by atoms with Gasteiger partial charge in [-0.25, -0.2) is 13.1 Å². The first kappa shape index (κ1) is 13.2. The van der Waals surface area contributed by atoms with Crippen molar-refractivity contribution in [3.8, 4) is 0 Å². The molecular weight excluding hydrogens is 238 g/mol. The Hall–Kier alpha value is 0.160. The summed E-state index contributed by atoms with van der Waals surface area (Å²) in [5, 5.41) is 0. The number of hydrogen-bond acceptors (Lipinski definition) is 3. The summed E-state index contributed by atoms with van der Waals surface area (Å²) in [5.41, 5.74) is 0. The summed E-state index contributed by atoms with van der Waals surface area (Å²) in [6, 6.07) is 0.0573. The average molecular weight is 256 g/mol. The second-order valence-corrected chi connectivity index (χ2v) is 5.98. The monoisotopic (exact) mass is 255 g/mol. The molecule has 0 saturated heterocycles. The third-order valence-electron chi connectivity index (χ3n) is 2.39. The minimum atomic E-state index is -3.13. The first-order valence-corrected chi connectivity index (χ1v) is 7.43. The van der Waals surface area contributed by atoms with E-state index in [0.717, 1.165) is 12.8 Å². The first-order valence-electron chi connectivity index (χ1n) is 5.25. The molecule has 1 aliphatic carbocycles. The van der Waals surface area contributed by atoms with Gasteiger partial charge in [0.05, 0.1) is 11.9 Å². The number of alkyl halides is 1. The number of hydrogen-bond donors (Lipinski definition) is 1. The molecule has 0 aromatic carbocycles. The zero-order chi connectivity index (χ0) is 11.3. The molecule has 1 saturated carbocycles. The van der Waals surface area contributed by atoms with Gasteiger partial charge >= 0.3 is 0 Å². The summed E-state index contributed by atoms with van der Waals surface area (Å²) < 4.78 is 30.9. The Balaban J connectivity index is 2.20. The number of nitrogens with one attached hydrogen (secondary N) is 1. The maximum atomic E-state index is 11.4. The Morgan fingerprint density at radius 2 is 2.13 bits per heavy atom. The number of halogens is 1. The van der Waals surface area contributed by atoms with Crippen LogP contribution in [0.2, 0.25) is 0 Å². The Kier molecular flexibility index (Phi) is 5.32. The molecule has 1 rings (SSSR count). The van der Waals surface area contributed by atoms with Gasteiger partial charge in [0, 0.05) is 18.5 Å². The molecule has 1 aliphatic rings. The minimum absolute atomic E-state index is 0.0573. The van der Waals surface area contributed by atoms with E-state index in [1.54, 1.807) is 0 Å². The maximum absolute atomic E-state index is 11.4. The Morgan fingerprint density at radius 1 is 1.47 bits per heavy atom. The van der Waals surface area contributed by atoms with Gasteiger partial charge in [-0.2, -0.15) is 0 Å². The Morgan fingerprint density at radius 3 is 2.67 bits per heavy atom. The fourth-order valence-electron chi connectivity index (χ4n) is 1.59. The topological polar surface area (TPSA) is 55.4 Å². The van der Waals surface area contributed by atoms with Crippen LogP contribution in [0.4, 0.5) is 0 Å². The molecule has 0 aromatic heterocycles. The van der Waals surface area contributed by atoms with Crippen molar-refractivity contribution in [3.05, 3.63) is 0 Å². The van der Waals surface area contributed by atoms with E-state index in [0.29, 0.717) is 18.9 Å². The van der Waals surface area contributed by atoms with Gasteiger partial charge in [0.1, 0.15) is 0 Å². The van der Waals surface area contributed by atoms with E-state index in [-0.39, 0.29) is 17.9 Å². The van der Waals surface area contributed by atoms with Gasteiger partial charge in [0.2, 0.25) is 10.0 Å². The van der Waals surface area contributed by atoms with Gasteiger partial charge in [-0.1, -0.05) is 0 Å². The summed E-state index contributed by atoms with van der Waals surface area (Å²) in [6.45, 7) is 2.63. The summed E-state index contributed by atoms with van der Waals surface area (Å²) in [4.78, 5) is 0. The highest BCUT2D eigenvalue weighted by atomic mass is 35.5. The van der Waals surface area contributed by atoms with Crippen LogP contribution in [-0.4, -0.2) is 38.8 Å². The van der Waals surface area contributed by atoms with Crippen LogP contribution in [0.15, 0.2) is 0 Å². The van der Waals surface area contributed by atoms with Crippen LogP contribution in [0.5, 0.6) is 0 Å². The molecule has 0 amide bonds. The Labute approximate surface area is 96.4 Å². The van der Waals surface area contributed by atoms with Gasteiger partial charge < -0.3 is 4.74 Å². The summed E-state index contributed by atoms with van der Waals surface area (Å²) in [6.07, 6.45) is 2.30. The molecule has 1 fully saturated rings. The van der Waals surface area contributed by atoms with E-state index in [2.05, 4.69) is 4.72 Å². The minimum Gasteiger partial charge on any atom is -0.378 e. The van der Waals surface area contributed by atoms with Gasteiger partial charge in [-0.3, -0.25) is 0 Å². The first-order chi connectivity index (χ1) is 7.07. The normalized spacial score (nSPS) is 26.3. The van der Waals surface area contributed by atoms with Crippen LogP contribution in [0.25, 0.3) is 0 Å². The van der Waals surface area contributed by atoms with Crippen molar-refractivity contribution in [2.24, 2.45) is 0 Å². The molecule has 6 heteroatoms. The number of rotatable bonds is 7. The van der Waals surface area contributed by atoms with Crippen LogP contribution in [0, 0.1) is 0 Å². The molecule has 1 N–H and O–H groups in total. The molecule has 0 unspecified atom stereocenters. The van der Waals surface area contributed by atoms with E-state index in [1.165, 1.54) is 0 Å². The Bertz CT molecular complexity index is 275. The quantitative estimate of drug-likeness (QED) is 0.694. The van der Waals surface area contributed by atoms with Crippen molar-refractivity contribution < 1.29 is 13.2 Å². The van der Waals surface area contributed by atoms with Crippen molar-refractivity contribution in [2.45, 2.75) is 38.3 Å². The molecule has 4 nitrogen and oxygen atoms in total. The summed E-state index contributed by atoms with van der Waals surface area (Å²) in [7, 11) is -3.13. The second kappa shape index (κ2) is 6.03. The predicted octanol–water partition coefficient (Wildman–Crippen LogP) is 1.10. The van der Waals surface area contributed by atoms with Gasteiger partial charge in [0.15, 0.2) is 0 Å². The highest BCUT2D eigenvalue weighted by Crippen LogP contribution is 2.23. The highest BCUT2D eigenvalue weighted by molar-refractivity contribution is 7.89. The number of sulfonamides is 1. The predicted molar refractivity (Wildman–Crippen MR) is 60.7 cm³/mol. The van der Waals surface area contributed by atoms with Crippen LogP contribution in [-0.2, 0) is 14.8 Å². The van der Waals surface area contributed by atoms with Crippen LogP contribution in [0.3, 0.4) is 0 Å². The number of ether oxygens (including phenoxy) is 1. The zero-order valence-electron chi connectivity index (χ0n) is 8.91. The van der Waals surface area contributed by atoms with Crippen LogP contribution < -0.4 is 4.72 Å². The van der Waals surface area contributed by atoms with Gasteiger partial charge in [0.25, 0.3) is 0 Å². The molecule has 90 valence electrons. The summed E-state index contributed by atoms with van der Waals surface area (Å²) in [5.74, 6) is 0.499. The lowest BCUT2D eigenvalue weighted by molar-refractivity contribution is -0.00475. The lowest BCUT2D eigenvalue weighted by Gasteiger charge is -2.35. The van der Waals surface area contributed by atoms with Crippen molar-refractivity contribution in [2.75, 3.05) is 18.2 Å². The largest absolute Gasteiger partial charge is 0.378 e. The van der Waals surface area contributed by atoms with Gasteiger partial charge in [-0.15, -0.1) is 11.6 Å². The fourth-order valence-corrected chi connectivity index (χ4v) is 3.23. The standard InChI is InChI=1S/C9H18ClNO3S/c1-2-14-9-6-8(7-9)11-15(12,13)5-3-4-10/h8-9,11H,2-7H2,1H3. The second-order valence-electron chi connectivity index (χ2n) is 3.72. The smallest absolute Gasteiger partial charge is 0.211 e. The molecule has 0 spiro atoms. The van der Waals surface area contributed by atoms with Crippen LogP contribution in [0.1, 0.15) is 26.2 Å². The third-order valence-corrected chi connectivity index (χ3v) is 4.18. The molecule has 15 heavy (non-hydrogen) atoms. The van der Waals surface area contributed by atoms with Gasteiger partial charge in [-0.05, 0) is 26.2 Å². The third kappa shape index (κ3) is 4.68. The van der Waals surface area contributed by atoms with E-state index in [9.17, 15) is 8.42 Å². The van der Waals surface area contributed by atoms with E-state index in [4.69, 9.17) is 16.3 Å². The maximum Gasteiger partial charge on any atom is 0.211 e. The molecule has 0 aromatic rings. The zero-order valence-corrected chi connectivity index (χ0v) is 10.5. The lowest BCUT2D eigenvalue weighted by atomic mass is 9.90. The fraction of sp³-hybridized carbons (Fsp3) is 1.00. The molecule has 0 radical (unpaired) electrons. The van der Waals surface area contributed by atoms with E-state index in [1.807, 2.05) is 6.92 Å². The average Bonchev–Trinajstić information content (AvgIpc) is 2.11. The van der Waals surface area contributed by atoms with E-state index < -0.39 is 10.0 Å². The molecule has 0 atom stereocenters. The highest BCUT2D eigenvalue weighted by Gasteiger charge is 2.32. The lowest BCUT2D eigenvalue weighted by Crippen LogP contribution is -2.48. The van der Waals surface area contributed by atoms with Crippen LogP contribution >= 0.6 is 11.6 Å². The summed E-state index contributed by atoms with van der Waals surface area (Å²) >= 11 is 5.44. The van der Waals surface area contributed by atoms with E-state index >= 15 is 0 Å². The van der Waals surface area contributed by atoms with Crippen molar-refractivity contribution >= 4 is 21.6 Å². The molecule has 0 aliphatic heterocycles. The van der Waals surface area contributed by atoms with Crippen molar-refractivity contribution in [3.63, 3.8) is 0 Å². The van der Waals surface area contributed by atoms with Crippen molar-refractivity contribution in [1.82, 2.24) is 4.72 Å². The molecular formula is C9H18ClNO3S. The van der Waals surface area contributed by atoms with Crippen molar-refractivity contribution in [1.29, 1.82) is 0 Å². The molecule has 0 heterocycles. The SMILES string of the molecule is CCOC1CC(NS(=O)(=O)CCCCl)C1. The molecule has 0 bridgehead atoms.